The molecule has 5 heteroatoms. The number of piperidine rings is 1. The highest BCUT2D eigenvalue weighted by molar-refractivity contribution is 9.10. The highest BCUT2D eigenvalue weighted by Crippen LogP contribution is 2.17. The third-order valence-electron chi connectivity index (χ3n) is 3.61. The van der Waals surface area contributed by atoms with E-state index in [1.807, 2.05) is 25.1 Å². The molecule has 2 rings (SSSR count). The molecular weight excluding hydrogens is 332 g/mol. The number of hydrogen-bond acceptors (Lipinski definition) is 3. The Morgan fingerprint density at radius 1 is 1.43 bits per heavy atom. The van der Waals surface area contributed by atoms with Crippen LogP contribution in [0.2, 0.25) is 0 Å². The maximum Gasteiger partial charge on any atom is 0.252 e. The molecule has 0 saturated carbocycles. The van der Waals surface area contributed by atoms with Crippen LogP contribution in [0.25, 0.3) is 0 Å². The number of halogens is 1. The van der Waals surface area contributed by atoms with Crippen molar-refractivity contribution in [1.82, 2.24) is 10.6 Å². The predicted octanol–water partition coefficient (Wildman–Crippen LogP) is 2.65. The normalized spacial score (nSPS) is 15.9. The highest BCUT2D eigenvalue weighted by Gasteiger charge is 2.13. The molecular formula is C16H23BrN2O2. The Morgan fingerprint density at radius 2 is 2.19 bits per heavy atom. The number of ether oxygens (including phenoxy) is 1. The van der Waals surface area contributed by atoms with E-state index in [0.717, 1.165) is 42.4 Å². The third kappa shape index (κ3) is 5.41. The third-order valence-corrected chi connectivity index (χ3v) is 4.30. The standard InChI is InChI=1S/C16H23BrN2O2/c1-12-3-4-15(17)14(11-12)16(20)19-7-2-10-21-13-5-8-18-9-6-13/h3-4,11,13,18H,2,5-10H2,1H3,(H,19,20). The van der Waals surface area contributed by atoms with Gasteiger partial charge in [-0.25, -0.2) is 0 Å². The monoisotopic (exact) mass is 354 g/mol. The van der Waals surface area contributed by atoms with Gasteiger partial charge in [0.25, 0.3) is 5.91 Å². The van der Waals surface area contributed by atoms with Crippen molar-refractivity contribution in [2.24, 2.45) is 0 Å². The maximum atomic E-state index is 12.1. The van der Waals surface area contributed by atoms with Gasteiger partial charge >= 0.3 is 0 Å². The lowest BCUT2D eigenvalue weighted by molar-refractivity contribution is 0.0318. The summed E-state index contributed by atoms with van der Waals surface area (Å²) in [6.45, 7) is 5.42. The van der Waals surface area contributed by atoms with Gasteiger partial charge in [0.1, 0.15) is 0 Å². The van der Waals surface area contributed by atoms with Crippen LogP contribution in [-0.4, -0.2) is 38.3 Å². The summed E-state index contributed by atoms with van der Waals surface area (Å²) < 4.78 is 6.64. The van der Waals surface area contributed by atoms with E-state index in [4.69, 9.17) is 4.74 Å². The Kier molecular flexibility index (Phi) is 6.67. The second-order valence-corrected chi connectivity index (χ2v) is 6.27. The fourth-order valence-electron chi connectivity index (χ4n) is 2.39. The van der Waals surface area contributed by atoms with E-state index in [9.17, 15) is 4.79 Å². The number of nitrogens with one attached hydrogen (secondary N) is 2. The zero-order chi connectivity index (χ0) is 15.1. The van der Waals surface area contributed by atoms with Gasteiger partial charge in [-0.15, -0.1) is 0 Å². The fourth-order valence-corrected chi connectivity index (χ4v) is 2.82. The van der Waals surface area contributed by atoms with Gasteiger partial charge in [0.2, 0.25) is 0 Å². The van der Waals surface area contributed by atoms with Gasteiger partial charge in [-0.3, -0.25) is 4.79 Å². The Morgan fingerprint density at radius 3 is 2.95 bits per heavy atom. The van der Waals surface area contributed by atoms with Crippen LogP contribution in [0.4, 0.5) is 0 Å². The number of benzene rings is 1. The molecule has 2 N–H and O–H groups in total. The zero-order valence-electron chi connectivity index (χ0n) is 12.5. The van der Waals surface area contributed by atoms with Crippen LogP contribution in [0.15, 0.2) is 22.7 Å². The molecule has 0 unspecified atom stereocenters. The molecule has 1 amide bonds. The van der Waals surface area contributed by atoms with Crippen molar-refractivity contribution in [2.45, 2.75) is 32.3 Å². The summed E-state index contributed by atoms with van der Waals surface area (Å²) in [5, 5.41) is 6.26. The first-order chi connectivity index (χ1) is 10.2. The average Bonchev–Trinajstić information content (AvgIpc) is 2.50. The van der Waals surface area contributed by atoms with Gasteiger partial charge in [0.15, 0.2) is 0 Å². The lowest BCUT2D eigenvalue weighted by Crippen LogP contribution is -2.33. The molecule has 1 heterocycles. The van der Waals surface area contributed by atoms with E-state index >= 15 is 0 Å². The largest absolute Gasteiger partial charge is 0.378 e. The molecule has 0 aliphatic carbocycles. The molecule has 1 saturated heterocycles. The van der Waals surface area contributed by atoms with Crippen LogP contribution >= 0.6 is 15.9 Å². The SMILES string of the molecule is Cc1ccc(Br)c(C(=O)NCCCOC2CCNCC2)c1. The summed E-state index contributed by atoms with van der Waals surface area (Å²) in [6, 6.07) is 5.78. The average molecular weight is 355 g/mol. The molecule has 1 aliphatic heterocycles. The number of carbonyl (C=O) groups excluding carboxylic acids is 1. The van der Waals surface area contributed by atoms with Crippen LogP contribution in [0.5, 0.6) is 0 Å². The van der Waals surface area contributed by atoms with E-state index in [0.29, 0.717) is 24.8 Å². The Balaban J connectivity index is 1.66. The maximum absolute atomic E-state index is 12.1. The van der Waals surface area contributed by atoms with Crippen LogP contribution in [0.3, 0.4) is 0 Å². The van der Waals surface area contributed by atoms with Crippen molar-refractivity contribution in [3.8, 4) is 0 Å². The second kappa shape index (κ2) is 8.51. The highest BCUT2D eigenvalue weighted by atomic mass is 79.9. The van der Waals surface area contributed by atoms with E-state index < -0.39 is 0 Å². The van der Waals surface area contributed by atoms with Gasteiger partial charge in [0.05, 0.1) is 11.7 Å². The van der Waals surface area contributed by atoms with Gasteiger partial charge in [-0.1, -0.05) is 11.6 Å². The molecule has 1 aromatic carbocycles. The Hall–Kier alpha value is -0.910. The molecule has 0 spiro atoms. The van der Waals surface area contributed by atoms with Crippen molar-refractivity contribution in [2.75, 3.05) is 26.2 Å². The first kappa shape index (κ1) is 16.5. The molecule has 4 nitrogen and oxygen atoms in total. The molecule has 0 atom stereocenters. The number of carbonyl (C=O) groups is 1. The summed E-state index contributed by atoms with van der Waals surface area (Å²) in [4.78, 5) is 12.1. The van der Waals surface area contributed by atoms with E-state index in [-0.39, 0.29) is 5.91 Å². The van der Waals surface area contributed by atoms with Crippen molar-refractivity contribution in [1.29, 1.82) is 0 Å². The second-order valence-electron chi connectivity index (χ2n) is 5.41. The smallest absolute Gasteiger partial charge is 0.252 e. The first-order valence-electron chi connectivity index (χ1n) is 7.53. The number of aryl methyl sites for hydroxylation is 1. The van der Waals surface area contributed by atoms with Gasteiger partial charge < -0.3 is 15.4 Å². The molecule has 0 bridgehead atoms. The summed E-state index contributed by atoms with van der Waals surface area (Å²) >= 11 is 3.41. The van der Waals surface area contributed by atoms with Crippen molar-refractivity contribution >= 4 is 21.8 Å². The molecule has 21 heavy (non-hydrogen) atoms. The van der Waals surface area contributed by atoms with Gasteiger partial charge in [-0.2, -0.15) is 0 Å². The minimum Gasteiger partial charge on any atom is -0.378 e. The van der Waals surface area contributed by atoms with E-state index in [1.165, 1.54) is 0 Å². The lowest BCUT2D eigenvalue weighted by atomic mass is 10.1. The van der Waals surface area contributed by atoms with Crippen molar-refractivity contribution in [3.05, 3.63) is 33.8 Å². The lowest BCUT2D eigenvalue weighted by Gasteiger charge is -2.22. The number of amides is 1. The molecule has 116 valence electrons. The molecule has 1 aromatic rings. The predicted molar refractivity (Wildman–Crippen MR) is 87.7 cm³/mol. The minimum absolute atomic E-state index is 0.0348. The molecule has 1 fully saturated rings. The quantitative estimate of drug-likeness (QED) is 0.772. The van der Waals surface area contributed by atoms with Crippen LogP contribution in [0.1, 0.15) is 35.2 Å². The van der Waals surface area contributed by atoms with Gasteiger partial charge in [0, 0.05) is 17.6 Å². The van der Waals surface area contributed by atoms with Crippen molar-refractivity contribution < 1.29 is 9.53 Å². The zero-order valence-corrected chi connectivity index (χ0v) is 14.0. The van der Waals surface area contributed by atoms with Crippen LogP contribution in [0, 0.1) is 6.92 Å². The summed E-state index contributed by atoms with van der Waals surface area (Å²) in [7, 11) is 0. The Bertz CT molecular complexity index is 473. The molecule has 0 aromatic heterocycles. The van der Waals surface area contributed by atoms with Crippen LogP contribution in [-0.2, 0) is 4.74 Å². The van der Waals surface area contributed by atoms with Crippen molar-refractivity contribution in [3.63, 3.8) is 0 Å². The molecule has 1 aliphatic rings. The first-order valence-corrected chi connectivity index (χ1v) is 8.33. The topological polar surface area (TPSA) is 50.4 Å². The van der Waals surface area contributed by atoms with Gasteiger partial charge in [-0.05, 0) is 67.3 Å². The summed E-state index contributed by atoms with van der Waals surface area (Å²) in [5.74, 6) is -0.0348. The van der Waals surface area contributed by atoms with E-state index in [2.05, 4.69) is 26.6 Å². The summed E-state index contributed by atoms with van der Waals surface area (Å²) in [6.07, 6.45) is 3.40. The number of rotatable bonds is 6. The minimum atomic E-state index is -0.0348. The van der Waals surface area contributed by atoms with E-state index in [1.54, 1.807) is 0 Å². The molecule has 0 radical (unpaired) electrons. The number of hydrogen-bond donors (Lipinski definition) is 2. The van der Waals surface area contributed by atoms with Crippen LogP contribution < -0.4 is 10.6 Å². The Labute approximate surface area is 134 Å². The summed E-state index contributed by atoms with van der Waals surface area (Å²) in [5.41, 5.74) is 1.77. The fraction of sp³-hybridized carbons (Fsp3) is 0.562.